The van der Waals surface area contributed by atoms with Crippen molar-refractivity contribution in [2.75, 3.05) is 6.54 Å². The molecule has 6 nitrogen and oxygen atoms in total. The van der Waals surface area contributed by atoms with Gasteiger partial charge in [0.1, 0.15) is 18.2 Å². The van der Waals surface area contributed by atoms with Crippen molar-refractivity contribution < 1.29 is 14.3 Å². The van der Waals surface area contributed by atoms with Crippen molar-refractivity contribution in [1.82, 2.24) is 15.3 Å². The third-order valence-electron chi connectivity index (χ3n) is 4.60. The minimum absolute atomic E-state index is 0.0477. The van der Waals surface area contributed by atoms with Crippen LogP contribution in [0.1, 0.15) is 27.7 Å². The van der Waals surface area contributed by atoms with Crippen LogP contribution >= 0.6 is 22.9 Å². The van der Waals surface area contributed by atoms with Gasteiger partial charge in [0.05, 0.1) is 16.4 Å². The van der Waals surface area contributed by atoms with E-state index in [9.17, 15) is 9.59 Å². The highest BCUT2D eigenvalue weighted by molar-refractivity contribution is 7.17. The van der Waals surface area contributed by atoms with Gasteiger partial charge in [0.15, 0.2) is 5.78 Å². The van der Waals surface area contributed by atoms with Crippen LogP contribution in [0.5, 0.6) is 5.75 Å². The van der Waals surface area contributed by atoms with Crippen molar-refractivity contribution >= 4 is 40.7 Å². The number of thiophene rings is 1. The van der Waals surface area contributed by atoms with E-state index >= 15 is 0 Å². The molecule has 0 aliphatic carbocycles. The summed E-state index contributed by atoms with van der Waals surface area (Å²) in [5.74, 6) is 0.479. The Kier molecular flexibility index (Phi) is 5.92. The summed E-state index contributed by atoms with van der Waals surface area (Å²) in [4.78, 5) is 33.1. The molecule has 30 heavy (non-hydrogen) atoms. The monoisotopic (exact) mass is 439 g/mol. The Bertz CT molecular complexity index is 1130. The molecule has 3 heterocycles. The number of halogens is 1. The van der Waals surface area contributed by atoms with Crippen LogP contribution in [0.3, 0.4) is 0 Å². The Morgan fingerprint density at radius 3 is 2.83 bits per heavy atom. The third kappa shape index (κ3) is 4.58. The zero-order valence-electron chi connectivity index (χ0n) is 16.1. The lowest BCUT2D eigenvalue weighted by atomic mass is 10.1. The summed E-state index contributed by atoms with van der Waals surface area (Å²) in [6.45, 7) is 1.92. The SMILES string of the molecule is CC(=O)c1ccc(-c2cc(Cl)c3c(c2)CC(CNC(=O)C=Cc2cncnc2)O3)s1. The second-order valence-corrected chi connectivity index (χ2v) is 8.35. The van der Waals surface area contributed by atoms with Crippen LogP contribution in [0.25, 0.3) is 16.5 Å². The number of hydrogen-bond acceptors (Lipinski definition) is 6. The molecule has 1 aliphatic heterocycles. The zero-order valence-corrected chi connectivity index (χ0v) is 17.7. The number of nitrogens with zero attached hydrogens (tertiary/aromatic N) is 2. The zero-order chi connectivity index (χ0) is 21.1. The maximum atomic E-state index is 12.1. The number of carbonyl (C=O) groups excluding carboxylic acids is 2. The molecule has 2 aromatic heterocycles. The number of carbonyl (C=O) groups is 2. The van der Waals surface area contributed by atoms with Crippen LogP contribution in [0, 0.1) is 0 Å². The number of rotatable bonds is 6. The minimum atomic E-state index is -0.222. The number of aromatic nitrogens is 2. The van der Waals surface area contributed by atoms with Gasteiger partial charge in [-0.25, -0.2) is 9.97 Å². The van der Waals surface area contributed by atoms with Crippen LogP contribution < -0.4 is 10.1 Å². The summed E-state index contributed by atoms with van der Waals surface area (Å²) in [6, 6.07) is 7.64. The van der Waals surface area contributed by atoms with E-state index in [1.807, 2.05) is 24.3 Å². The molecule has 152 valence electrons. The van der Waals surface area contributed by atoms with Gasteiger partial charge in [-0.05, 0) is 42.8 Å². The minimum Gasteiger partial charge on any atom is -0.486 e. The van der Waals surface area contributed by atoms with Crippen LogP contribution in [-0.4, -0.2) is 34.3 Å². The van der Waals surface area contributed by atoms with Crippen molar-refractivity contribution in [1.29, 1.82) is 0 Å². The number of Topliss-reactive ketones (excluding diaryl/α,β-unsaturated/α-hetero) is 1. The average molecular weight is 440 g/mol. The van der Waals surface area contributed by atoms with Gasteiger partial charge in [-0.3, -0.25) is 9.59 Å². The maximum absolute atomic E-state index is 12.1. The lowest BCUT2D eigenvalue weighted by molar-refractivity contribution is -0.116. The Morgan fingerprint density at radius 2 is 2.10 bits per heavy atom. The summed E-state index contributed by atoms with van der Waals surface area (Å²) in [5, 5.41) is 3.37. The quantitative estimate of drug-likeness (QED) is 0.460. The van der Waals surface area contributed by atoms with Gasteiger partial charge >= 0.3 is 0 Å². The second-order valence-electron chi connectivity index (χ2n) is 6.86. The summed E-state index contributed by atoms with van der Waals surface area (Å²) in [5.41, 5.74) is 2.70. The van der Waals surface area contributed by atoms with E-state index in [0.29, 0.717) is 28.6 Å². The van der Waals surface area contributed by atoms with Gasteiger partial charge in [-0.15, -0.1) is 11.3 Å². The highest BCUT2D eigenvalue weighted by Gasteiger charge is 2.26. The van der Waals surface area contributed by atoms with E-state index in [4.69, 9.17) is 16.3 Å². The molecule has 1 aromatic carbocycles. The van der Waals surface area contributed by atoms with Crippen LogP contribution in [0.4, 0.5) is 0 Å². The lowest BCUT2D eigenvalue weighted by Gasteiger charge is -2.11. The van der Waals surface area contributed by atoms with Gasteiger partial charge in [0.2, 0.25) is 5.91 Å². The van der Waals surface area contributed by atoms with Gasteiger partial charge < -0.3 is 10.1 Å². The molecule has 1 amide bonds. The summed E-state index contributed by atoms with van der Waals surface area (Å²) in [6.07, 6.45) is 8.23. The van der Waals surface area contributed by atoms with Crippen molar-refractivity contribution in [3.63, 3.8) is 0 Å². The standard InChI is InChI=1S/C22H18ClN3O3S/c1-13(27)19-3-4-20(30-19)15-6-16-7-17(29-22(16)18(23)8-15)11-26-21(28)5-2-14-9-24-12-25-10-14/h2-6,8-10,12,17H,7,11H2,1H3,(H,26,28). The molecule has 8 heteroatoms. The first-order valence-electron chi connectivity index (χ1n) is 9.31. The van der Waals surface area contributed by atoms with Gasteiger partial charge in [-0.2, -0.15) is 0 Å². The van der Waals surface area contributed by atoms with Crippen molar-refractivity contribution in [2.24, 2.45) is 0 Å². The number of nitrogens with one attached hydrogen (secondary N) is 1. The molecule has 1 atom stereocenters. The topological polar surface area (TPSA) is 81.2 Å². The normalized spacial score (nSPS) is 15.1. The Hall–Kier alpha value is -3.03. The lowest BCUT2D eigenvalue weighted by Crippen LogP contribution is -2.33. The molecule has 0 radical (unpaired) electrons. The van der Waals surface area contributed by atoms with E-state index in [0.717, 1.165) is 21.6 Å². The molecule has 0 fully saturated rings. The van der Waals surface area contributed by atoms with E-state index in [-0.39, 0.29) is 17.8 Å². The first-order valence-corrected chi connectivity index (χ1v) is 10.5. The number of fused-ring (bicyclic) bond motifs is 1. The van der Waals surface area contributed by atoms with E-state index < -0.39 is 0 Å². The summed E-state index contributed by atoms with van der Waals surface area (Å²) >= 11 is 7.89. The molecular formula is C22H18ClN3O3S. The van der Waals surface area contributed by atoms with E-state index in [1.165, 1.54) is 23.7 Å². The fraction of sp³-hybridized carbons (Fsp3) is 0.182. The Balaban J connectivity index is 1.39. The molecule has 1 unspecified atom stereocenters. The predicted octanol–water partition coefficient (Wildman–Crippen LogP) is 4.19. The smallest absolute Gasteiger partial charge is 0.244 e. The first kappa shape index (κ1) is 20.3. The fourth-order valence-electron chi connectivity index (χ4n) is 3.17. The van der Waals surface area contributed by atoms with Gasteiger partial charge in [0, 0.05) is 40.9 Å². The molecule has 0 spiro atoms. The van der Waals surface area contributed by atoms with Gasteiger partial charge in [0.25, 0.3) is 0 Å². The average Bonchev–Trinajstić information content (AvgIpc) is 3.39. The van der Waals surface area contributed by atoms with Gasteiger partial charge in [-0.1, -0.05) is 11.6 Å². The largest absolute Gasteiger partial charge is 0.486 e. The van der Waals surface area contributed by atoms with Crippen LogP contribution in [0.2, 0.25) is 5.02 Å². The van der Waals surface area contributed by atoms with Crippen LogP contribution in [0.15, 0.2) is 49.1 Å². The van der Waals surface area contributed by atoms with Crippen molar-refractivity contribution in [3.8, 4) is 16.2 Å². The number of hydrogen-bond donors (Lipinski definition) is 1. The molecule has 4 rings (SSSR count). The summed E-state index contributed by atoms with van der Waals surface area (Å²) in [7, 11) is 0. The molecule has 3 aromatic rings. The number of amides is 1. The third-order valence-corrected chi connectivity index (χ3v) is 6.12. The fourth-order valence-corrected chi connectivity index (χ4v) is 4.34. The molecule has 1 N–H and O–H groups in total. The number of benzene rings is 1. The Morgan fingerprint density at radius 1 is 1.30 bits per heavy atom. The van der Waals surface area contributed by atoms with Crippen LogP contribution in [-0.2, 0) is 11.2 Å². The molecule has 0 saturated heterocycles. The number of ketones is 1. The molecule has 0 saturated carbocycles. The van der Waals surface area contributed by atoms with E-state index in [2.05, 4.69) is 15.3 Å². The molecule has 0 bridgehead atoms. The highest BCUT2D eigenvalue weighted by atomic mass is 35.5. The maximum Gasteiger partial charge on any atom is 0.244 e. The highest BCUT2D eigenvalue weighted by Crippen LogP contribution is 2.41. The second kappa shape index (κ2) is 8.77. The number of ether oxygens (including phenoxy) is 1. The molecular weight excluding hydrogens is 422 g/mol. The predicted molar refractivity (Wildman–Crippen MR) is 117 cm³/mol. The Labute approximate surface area is 182 Å². The van der Waals surface area contributed by atoms with Crippen molar-refractivity contribution in [3.05, 3.63) is 70.1 Å². The van der Waals surface area contributed by atoms with E-state index in [1.54, 1.807) is 25.4 Å². The van der Waals surface area contributed by atoms with Crippen molar-refractivity contribution in [2.45, 2.75) is 19.4 Å². The first-order chi connectivity index (χ1) is 14.5. The molecule has 1 aliphatic rings. The summed E-state index contributed by atoms with van der Waals surface area (Å²) < 4.78 is 5.94.